The third-order valence-electron chi connectivity index (χ3n) is 6.50. The highest BCUT2D eigenvalue weighted by Crippen LogP contribution is 2.36. The Hall–Kier alpha value is -2.57. The van der Waals surface area contributed by atoms with Gasteiger partial charge in [0.05, 0.1) is 11.2 Å². The van der Waals surface area contributed by atoms with Gasteiger partial charge in [-0.1, -0.05) is 17.7 Å². The minimum Gasteiger partial charge on any atom is -0.299 e. The second-order valence-corrected chi connectivity index (χ2v) is 10.3. The van der Waals surface area contributed by atoms with E-state index in [0.29, 0.717) is 4.70 Å². The molecule has 6 heteroatoms. The molecule has 0 bridgehead atoms. The fourth-order valence-corrected chi connectivity index (χ4v) is 5.49. The van der Waals surface area contributed by atoms with Gasteiger partial charge in [-0.05, 0) is 68.2 Å². The van der Waals surface area contributed by atoms with Crippen molar-refractivity contribution >= 4 is 31.8 Å². The maximum atomic E-state index is 13.3. The van der Waals surface area contributed by atoms with Crippen molar-refractivity contribution in [1.29, 1.82) is 0 Å². The summed E-state index contributed by atoms with van der Waals surface area (Å²) in [5.74, 6) is 1.74. The van der Waals surface area contributed by atoms with Crippen molar-refractivity contribution < 1.29 is 0 Å². The number of fused-ring (bicyclic) bond motifs is 3. The first-order valence-corrected chi connectivity index (χ1v) is 12.0. The van der Waals surface area contributed by atoms with E-state index in [1.54, 1.807) is 10.9 Å². The number of nitrogens with zero attached hydrogens (tertiary/aromatic N) is 4. The van der Waals surface area contributed by atoms with Crippen LogP contribution in [0.4, 0.5) is 0 Å². The summed E-state index contributed by atoms with van der Waals surface area (Å²) < 4.78 is 2.33. The van der Waals surface area contributed by atoms with Gasteiger partial charge in [-0.2, -0.15) is 0 Å². The minimum atomic E-state index is -0.0179. The van der Waals surface area contributed by atoms with Gasteiger partial charge >= 0.3 is 0 Å². The van der Waals surface area contributed by atoms with Crippen molar-refractivity contribution in [3.05, 3.63) is 64.3 Å². The molecule has 0 amide bonds. The molecule has 0 aliphatic heterocycles. The maximum absolute atomic E-state index is 13.3. The maximum Gasteiger partial charge on any atom is 0.275 e. The fraction of sp³-hybridized carbons (Fsp3) is 0.400. The van der Waals surface area contributed by atoms with Crippen molar-refractivity contribution in [3.63, 3.8) is 0 Å². The summed E-state index contributed by atoms with van der Waals surface area (Å²) >= 11 is 1.47. The Kier molecular flexibility index (Phi) is 4.65. The zero-order valence-electron chi connectivity index (χ0n) is 17.8. The molecule has 0 unspecified atom stereocenters. The van der Waals surface area contributed by atoms with Gasteiger partial charge in [0.15, 0.2) is 0 Å². The number of thiophene rings is 1. The lowest BCUT2D eigenvalue weighted by Gasteiger charge is -2.22. The third kappa shape index (κ3) is 3.79. The van der Waals surface area contributed by atoms with Gasteiger partial charge in [0, 0.05) is 31.2 Å². The summed E-state index contributed by atoms with van der Waals surface area (Å²) in [6.45, 7) is 5.34. The molecule has 2 saturated carbocycles. The lowest BCUT2D eigenvalue weighted by molar-refractivity contribution is 0.245. The summed E-state index contributed by atoms with van der Waals surface area (Å²) in [5, 5.41) is 1.06. The molecular weight excluding hydrogens is 404 g/mol. The molecule has 5 nitrogen and oxygen atoms in total. The van der Waals surface area contributed by atoms with Crippen molar-refractivity contribution in [2.75, 3.05) is 13.1 Å². The molecular formula is C25H26N4OS. The topological polar surface area (TPSA) is 51.0 Å². The van der Waals surface area contributed by atoms with E-state index in [1.165, 1.54) is 61.2 Å². The average molecular weight is 431 g/mol. The normalized spacial score (nSPS) is 16.6. The van der Waals surface area contributed by atoms with Gasteiger partial charge in [0.25, 0.3) is 5.56 Å². The Morgan fingerprint density at radius 1 is 1.03 bits per heavy atom. The Bertz CT molecular complexity index is 1300. The molecule has 158 valence electrons. The van der Waals surface area contributed by atoms with Crippen molar-refractivity contribution in [1.82, 2.24) is 19.4 Å². The summed E-state index contributed by atoms with van der Waals surface area (Å²) in [6, 6.07) is 10.1. The van der Waals surface area contributed by atoms with E-state index >= 15 is 0 Å². The van der Waals surface area contributed by atoms with Crippen LogP contribution in [0.1, 0.15) is 36.8 Å². The highest BCUT2D eigenvalue weighted by molar-refractivity contribution is 7.25. The monoisotopic (exact) mass is 430 g/mol. The van der Waals surface area contributed by atoms with Crippen LogP contribution in [-0.4, -0.2) is 32.5 Å². The largest absolute Gasteiger partial charge is 0.299 e. The van der Waals surface area contributed by atoms with Crippen LogP contribution < -0.4 is 5.56 Å². The predicted molar refractivity (Wildman–Crippen MR) is 126 cm³/mol. The molecule has 2 aliphatic carbocycles. The van der Waals surface area contributed by atoms with Crippen LogP contribution in [0, 0.1) is 18.8 Å². The van der Waals surface area contributed by atoms with Crippen LogP contribution in [0.2, 0.25) is 0 Å². The molecule has 6 rings (SSSR count). The van der Waals surface area contributed by atoms with Crippen molar-refractivity contribution in [3.8, 4) is 5.69 Å². The van der Waals surface area contributed by atoms with E-state index in [2.05, 4.69) is 16.0 Å². The van der Waals surface area contributed by atoms with Gasteiger partial charge < -0.3 is 0 Å². The zero-order valence-corrected chi connectivity index (χ0v) is 18.6. The van der Waals surface area contributed by atoms with Crippen molar-refractivity contribution in [2.24, 2.45) is 11.8 Å². The van der Waals surface area contributed by atoms with Gasteiger partial charge in [-0.15, -0.1) is 11.3 Å². The molecule has 2 fully saturated rings. The summed E-state index contributed by atoms with van der Waals surface area (Å²) in [7, 11) is 0. The van der Waals surface area contributed by atoms with Crippen LogP contribution in [0.25, 0.3) is 26.1 Å². The van der Waals surface area contributed by atoms with E-state index in [9.17, 15) is 4.79 Å². The van der Waals surface area contributed by atoms with Crippen molar-refractivity contribution in [2.45, 2.75) is 39.2 Å². The zero-order chi connectivity index (χ0) is 20.9. The molecule has 0 saturated heterocycles. The highest BCUT2D eigenvalue weighted by Gasteiger charge is 2.29. The van der Waals surface area contributed by atoms with Crippen LogP contribution in [0.15, 0.2) is 47.7 Å². The summed E-state index contributed by atoms with van der Waals surface area (Å²) in [5.41, 5.74) is 4.04. The second kappa shape index (κ2) is 7.53. The van der Waals surface area contributed by atoms with Crippen LogP contribution in [-0.2, 0) is 6.54 Å². The molecule has 0 spiro atoms. The minimum absolute atomic E-state index is 0.0179. The Morgan fingerprint density at radius 3 is 2.42 bits per heavy atom. The Balaban J connectivity index is 1.42. The number of benzene rings is 1. The number of rotatable bonds is 7. The first-order valence-electron chi connectivity index (χ1n) is 11.2. The number of aryl methyl sites for hydroxylation is 1. The predicted octanol–water partition coefficient (Wildman–Crippen LogP) is 4.93. The number of aromatic nitrogens is 3. The molecule has 31 heavy (non-hydrogen) atoms. The Labute approximate surface area is 185 Å². The van der Waals surface area contributed by atoms with E-state index in [-0.39, 0.29) is 5.56 Å². The molecule has 1 aromatic carbocycles. The van der Waals surface area contributed by atoms with E-state index in [4.69, 9.17) is 4.98 Å². The summed E-state index contributed by atoms with van der Waals surface area (Å²) in [6.07, 6.45) is 9.04. The highest BCUT2D eigenvalue weighted by atomic mass is 32.1. The molecule has 4 aromatic rings. The number of hydrogen-bond acceptors (Lipinski definition) is 5. The van der Waals surface area contributed by atoms with E-state index < -0.39 is 0 Å². The average Bonchev–Trinajstić information content (AvgIpc) is 3.70. The Morgan fingerprint density at radius 2 is 1.74 bits per heavy atom. The standard InChI is InChI=1S/C25H26N4OS/c1-16-2-8-20(9-3-16)29-15-27-22-21-19(10-11-26-24(21)31-23(22)25(29)30)14-28(12-17-4-5-17)13-18-6-7-18/h2-3,8-11,15,17-18H,4-7,12-14H2,1H3. The lowest BCUT2D eigenvalue weighted by atomic mass is 10.1. The fourth-order valence-electron chi connectivity index (χ4n) is 4.41. The SMILES string of the molecule is Cc1ccc(-n2cnc3c(sc4nccc(CN(CC5CC5)CC5CC5)c43)c2=O)cc1. The molecule has 3 aromatic heterocycles. The van der Waals surface area contributed by atoms with Crippen LogP contribution in [0.5, 0.6) is 0 Å². The molecule has 0 radical (unpaired) electrons. The molecule has 3 heterocycles. The molecule has 2 aliphatic rings. The van der Waals surface area contributed by atoms with Gasteiger partial charge in [0.2, 0.25) is 0 Å². The third-order valence-corrected chi connectivity index (χ3v) is 7.58. The van der Waals surface area contributed by atoms with E-state index in [1.807, 2.05) is 37.4 Å². The first-order chi connectivity index (χ1) is 15.2. The van der Waals surface area contributed by atoms with Gasteiger partial charge in [0.1, 0.15) is 15.9 Å². The smallest absolute Gasteiger partial charge is 0.275 e. The van der Waals surface area contributed by atoms with Gasteiger partial charge in [-0.25, -0.2) is 9.97 Å². The summed E-state index contributed by atoms with van der Waals surface area (Å²) in [4.78, 5) is 26.2. The second-order valence-electron chi connectivity index (χ2n) is 9.27. The van der Waals surface area contributed by atoms with Crippen LogP contribution in [0.3, 0.4) is 0 Å². The first kappa shape index (κ1) is 19.1. The lowest BCUT2D eigenvalue weighted by Crippen LogP contribution is -2.28. The molecule has 0 atom stereocenters. The van der Waals surface area contributed by atoms with Crippen LogP contribution >= 0.6 is 11.3 Å². The van der Waals surface area contributed by atoms with E-state index in [0.717, 1.165) is 39.8 Å². The number of hydrogen-bond donors (Lipinski definition) is 0. The molecule has 0 N–H and O–H groups in total. The number of pyridine rings is 1. The quantitative estimate of drug-likeness (QED) is 0.417. The van der Waals surface area contributed by atoms with Gasteiger partial charge in [-0.3, -0.25) is 14.3 Å².